The van der Waals surface area contributed by atoms with Crippen LogP contribution in [0.5, 0.6) is 0 Å². The molecule has 0 aliphatic carbocycles. The van der Waals surface area contributed by atoms with Crippen molar-refractivity contribution in [1.82, 2.24) is 5.32 Å². The van der Waals surface area contributed by atoms with E-state index in [2.05, 4.69) is 12.2 Å². The minimum atomic E-state index is -0.416. The summed E-state index contributed by atoms with van der Waals surface area (Å²) < 4.78 is 0. The summed E-state index contributed by atoms with van der Waals surface area (Å²) in [7, 11) is 0. The van der Waals surface area contributed by atoms with E-state index < -0.39 is 6.03 Å². The van der Waals surface area contributed by atoms with E-state index in [0.29, 0.717) is 6.54 Å². The maximum Gasteiger partial charge on any atom is 0.312 e. The molecule has 0 bridgehead atoms. The summed E-state index contributed by atoms with van der Waals surface area (Å²) in [6.45, 7) is 2.97. The Morgan fingerprint density at radius 2 is 1.29 bits per heavy atom. The molecule has 0 radical (unpaired) electrons. The Balaban J connectivity index is 2.95. The highest BCUT2D eigenvalue weighted by Crippen LogP contribution is 2.13. The van der Waals surface area contributed by atoms with Gasteiger partial charge in [0.05, 0.1) is 0 Å². The van der Waals surface area contributed by atoms with Crippen LogP contribution in [0.25, 0.3) is 0 Å². The molecule has 0 aromatic rings. The average Bonchev–Trinajstić information content (AvgIpc) is 2.46. The van der Waals surface area contributed by atoms with E-state index in [1.54, 1.807) is 0 Å². The van der Waals surface area contributed by atoms with Crippen molar-refractivity contribution < 1.29 is 4.79 Å². The first-order chi connectivity index (χ1) is 10.3. The van der Waals surface area contributed by atoms with Crippen LogP contribution in [-0.2, 0) is 0 Å². The molecule has 0 aromatic carbocycles. The van der Waals surface area contributed by atoms with Gasteiger partial charge in [0.2, 0.25) is 0 Å². The second-order valence-electron chi connectivity index (χ2n) is 5.79. The van der Waals surface area contributed by atoms with Crippen molar-refractivity contribution in [2.45, 2.75) is 84.0 Å². The number of unbranched alkanes of at least 4 members (excludes halogenated alkanes) is 11. The van der Waals surface area contributed by atoms with Crippen molar-refractivity contribution in [2.24, 2.45) is 5.73 Å². The lowest BCUT2D eigenvalue weighted by Gasteiger charge is -2.04. The van der Waals surface area contributed by atoms with Crippen LogP contribution in [0.3, 0.4) is 0 Å². The van der Waals surface area contributed by atoms with Gasteiger partial charge in [-0.15, -0.1) is 0 Å². The Bertz CT molecular complexity index is 225. The molecule has 0 spiro atoms. The molecule has 0 unspecified atom stereocenters. The van der Waals surface area contributed by atoms with Crippen molar-refractivity contribution in [1.29, 1.82) is 0 Å². The monoisotopic (exact) mass is 316 g/mol. The minimum absolute atomic E-state index is 0.416. The predicted molar refractivity (Wildman–Crippen MR) is 96.0 cm³/mol. The predicted octanol–water partition coefficient (Wildman–Crippen LogP) is 5.09. The summed E-state index contributed by atoms with van der Waals surface area (Å²) in [5.74, 6) is 2.18. The van der Waals surface area contributed by atoms with E-state index in [9.17, 15) is 4.79 Å². The van der Waals surface area contributed by atoms with Crippen LogP contribution in [0.1, 0.15) is 84.0 Å². The van der Waals surface area contributed by atoms with E-state index in [0.717, 1.165) is 5.75 Å². The Morgan fingerprint density at radius 3 is 1.76 bits per heavy atom. The van der Waals surface area contributed by atoms with E-state index in [-0.39, 0.29) is 0 Å². The van der Waals surface area contributed by atoms with Crippen LogP contribution < -0.4 is 11.1 Å². The molecule has 0 fully saturated rings. The smallest absolute Gasteiger partial charge is 0.312 e. The molecule has 0 aromatic heterocycles. The van der Waals surface area contributed by atoms with Crippen LogP contribution in [0.2, 0.25) is 0 Å². The first kappa shape index (κ1) is 20.6. The molecular weight excluding hydrogens is 280 g/mol. The molecule has 0 saturated heterocycles. The quantitative estimate of drug-likeness (QED) is 0.390. The van der Waals surface area contributed by atoms with Crippen molar-refractivity contribution in [3.8, 4) is 0 Å². The second kappa shape index (κ2) is 17.7. The van der Waals surface area contributed by atoms with Gasteiger partial charge < -0.3 is 11.1 Å². The Morgan fingerprint density at radius 1 is 0.810 bits per heavy atom. The molecule has 0 heterocycles. The van der Waals surface area contributed by atoms with Crippen LogP contribution in [0.15, 0.2) is 0 Å². The molecule has 2 amide bonds. The summed E-state index contributed by atoms with van der Waals surface area (Å²) in [4.78, 5) is 10.4. The van der Waals surface area contributed by atoms with Crippen molar-refractivity contribution >= 4 is 17.8 Å². The van der Waals surface area contributed by atoms with Crippen LogP contribution in [-0.4, -0.2) is 24.1 Å². The van der Waals surface area contributed by atoms with Gasteiger partial charge >= 0.3 is 6.03 Å². The number of carbonyl (C=O) groups is 1. The molecule has 4 heteroatoms. The Labute approximate surface area is 136 Å². The third-order valence-electron chi connectivity index (χ3n) is 3.69. The number of hydrogen-bond donors (Lipinski definition) is 2. The highest BCUT2D eigenvalue weighted by atomic mass is 32.2. The van der Waals surface area contributed by atoms with Crippen molar-refractivity contribution in [3.63, 3.8) is 0 Å². The van der Waals surface area contributed by atoms with Crippen LogP contribution in [0, 0.1) is 0 Å². The molecular formula is C17H36N2OS. The number of hydrogen-bond acceptors (Lipinski definition) is 2. The molecule has 0 aliphatic rings. The standard InChI is InChI=1S/C17H36N2OS/c1-2-3-4-5-6-7-8-9-10-11-12-13-15-21-16-14-19-17(18)20/h2-16H2,1H3,(H3,18,19,20). The van der Waals surface area contributed by atoms with E-state index >= 15 is 0 Å². The number of rotatable bonds is 16. The zero-order valence-electron chi connectivity index (χ0n) is 14.0. The van der Waals surface area contributed by atoms with Gasteiger partial charge in [-0.1, -0.05) is 77.6 Å². The van der Waals surface area contributed by atoms with Gasteiger partial charge in [0.15, 0.2) is 0 Å². The lowest BCUT2D eigenvalue weighted by molar-refractivity contribution is 0.249. The van der Waals surface area contributed by atoms with Gasteiger partial charge in [0, 0.05) is 12.3 Å². The molecule has 3 N–H and O–H groups in total. The molecule has 0 saturated carbocycles. The fourth-order valence-electron chi connectivity index (χ4n) is 2.39. The van der Waals surface area contributed by atoms with Crippen LogP contribution in [0.4, 0.5) is 4.79 Å². The fourth-order valence-corrected chi connectivity index (χ4v) is 3.25. The largest absolute Gasteiger partial charge is 0.352 e. The lowest BCUT2D eigenvalue weighted by atomic mass is 10.1. The number of primary amides is 1. The van der Waals surface area contributed by atoms with Gasteiger partial charge in [-0.05, 0) is 12.2 Å². The van der Waals surface area contributed by atoms with Crippen molar-refractivity contribution in [2.75, 3.05) is 18.1 Å². The SMILES string of the molecule is CCCCCCCCCCCCCCSCCNC(N)=O. The molecule has 3 nitrogen and oxygen atoms in total. The third-order valence-corrected chi connectivity index (χ3v) is 4.76. The second-order valence-corrected chi connectivity index (χ2v) is 7.02. The molecule has 0 aliphatic heterocycles. The average molecular weight is 317 g/mol. The zero-order valence-corrected chi connectivity index (χ0v) is 14.8. The highest BCUT2D eigenvalue weighted by molar-refractivity contribution is 7.99. The summed E-state index contributed by atoms with van der Waals surface area (Å²) in [6.07, 6.45) is 16.8. The number of amides is 2. The molecule has 21 heavy (non-hydrogen) atoms. The molecule has 0 rings (SSSR count). The Kier molecular flexibility index (Phi) is 17.4. The normalized spacial score (nSPS) is 10.7. The molecule has 0 atom stereocenters. The first-order valence-corrected chi connectivity index (χ1v) is 10.0. The van der Waals surface area contributed by atoms with E-state index in [1.165, 1.54) is 82.8 Å². The zero-order chi connectivity index (χ0) is 15.6. The van der Waals surface area contributed by atoms with E-state index in [4.69, 9.17) is 5.73 Å². The fraction of sp³-hybridized carbons (Fsp3) is 0.941. The number of nitrogens with two attached hydrogens (primary N) is 1. The van der Waals surface area contributed by atoms with E-state index in [1.807, 2.05) is 11.8 Å². The number of thioether (sulfide) groups is 1. The summed E-state index contributed by atoms with van der Waals surface area (Å²) >= 11 is 1.91. The minimum Gasteiger partial charge on any atom is -0.352 e. The summed E-state index contributed by atoms with van der Waals surface area (Å²) in [6, 6.07) is -0.416. The molecule has 126 valence electrons. The van der Waals surface area contributed by atoms with Gasteiger partial charge in [-0.3, -0.25) is 0 Å². The topological polar surface area (TPSA) is 55.1 Å². The maximum atomic E-state index is 10.4. The Hall–Kier alpha value is -0.380. The number of urea groups is 1. The maximum absolute atomic E-state index is 10.4. The lowest BCUT2D eigenvalue weighted by Crippen LogP contribution is -2.31. The van der Waals surface area contributed by atoms with Crippen molar-refractivity contribution in [3.05, 3.63) is 0 Å². The van der Waals surface area contributed by atoms with Crippen LogP contribution >= 0.6 is 11.8 Å². The van der Waals surface area contributed by atoms with Gasteiger partial charge in [0.25, 0.3) is 0 Å². The van der Waals surface area contributed by atoms with Gasteiger partial charge in [-0.2, -0.15) is 11.8 Å². The first-order valence-electron chi connectivity index (χ1n) is 8.88. The summed E-state index contributed by atoms with van der Waals surface area (Å²) in [5, 5.41) is 2.61. The number of carbonyl (C=O) groups excluding carboxylic acids is 1. The summed E-state index contributed by atoms with van der Waals surface area (Å²) in [5.41, 5.74) is 4.99. The highest BCUT2D eigenvalue weighted by Gasteiger charge is 1.95. The third kappa shape index (κ3) is 19.6. The van der Waals surface area contributed by atoms with Gasteiger partial charge in [-0.25, -0.2) is 4.79 Å². The number of nitrogens with one attached hydrogen (secondary N) is 1. The van der Waals surface area contributed by atoms with Gasteiger partial charge in [0.1, 0.15) is 0 Å².